The maximum atomic E-state index is 6.20. The van der Waals surface area contributed by atoms with Crippen LogP contribution in [0.15, 0.2) is 18.2 Å². The molecule has 2 N–H and O–H groups in total. The van der Waals surface area contributed by atoms with Gasteiger partial charge in [0.05, 0.1) is 18.7 Å². The fraction of sp³-hybridized carbons (Fsp3) is 0.500. The van der Waals surface area contributed by atoms with Crippen LogP contribution in [0.1, 0.15) is 18.0 Å². The summed E-state index contributed by atoms with van der Waals surface area (Å²) in [5.74, 6) is 1.07. The molecule has 1 aromatic rings. The second-order valence-electron chi connectivity index (χ2n) is 4.04. The fourth-order valence-electron chi connectivity index (χ4n) is 1.99. The normalized spacial score (nSPS) is 22.1. The molecule has 2 rings (SSSR count). The Morgan fingerprint density at radius 1 is 1.56 bits per heavy atom. The van der Waals surface area contributed by atoms with Crippen LogP contribution in [-0.4, -0.2) is 20.3 Å². The Morgan fingerprint density at radius 3 is 3.00 bits per heavy atom. The predicted octanol–water partition coefficient (Wildman–Crippen LogP) is 2.38. The van der Waals surface area contributed by atoms with Gasteiger partial charge in [0.2, 0.25) is 0 Å². The summed E-state index contributed by atoms with van der Waals surface area (Å²) in [4.78, 5) is 0. The van der Waals surface area contributed by atoms with E-state index in [0.717, 1.165) is 25.2 Å². The Hall–Kier alpha value is -0.770. The topological polar surface area (TPSA) is 44.5 Å². The van der Waals surface area contributed by atoms with E-state index in [1.165, 1.54) is 0 Å². The minimum Gasteiger partial charge on any atom is -0.495 e. The Kier molecular flexibility index (Phi) is 3.69. The molecule has 4 heteroatoms. The highest BCUT2D eigenvalue weighted by atomic mass is 35.5. The molecule has 0 bridgehead atoms. The van der Waals surface area contributed by atoms with Gasteiger partial charge < -0.3 is 15.2 Å². The number of rotatable bonds is 3. The van der Waals surface area contributed by atoms with E-state index in [-0.39, 0.29) is 6.04 Å². The zero-order chi connectivity index (χ0) is 11.5. The minimum atomic E-state index is -0.00586. The average Bonchev–Trinajstić information content (AvgIpc) is 2.82. The van der Waals surface area contributed by atoms with Crippen molar-refractivity contribution in [2.45, 2.75) is 12.5 Å². The van der Waals surface area contributed by atoms with Gasteiger partial charge in [-0.25, -0.2) is 0 Å². The molecule has 1 aliphatic rings. The van der Waals surface area contributed by atoms with Crippen molar-refractivity contribution >= 4 is 11.6 Å². The summed E-state index contributed by atoms with van der Waals surface area (Å²) in [7, 11) is 1.61. The Balaban J connectivity index is 2.19. The highest BCUT2D eigenvalue weighted by Gasteiger charge is 2.24. The molecule has 2 unspecified atom stereocenters. The van der Waals surface area contributed by atoms with Gasteiger partial charge >= 0.3 is 0 Å². The van der Waals surface area contributed by atoms with Crippen molar-refractivity contribution < 1.29 is 9.47 Å². The zero-order valence-electron chi connectivity index (χ0n) is 9.28. The third-order valence-electron chi connectivity index (χ3n) is 3.03. The van der Waals surface area contributed by atoms with Gasteiger partial charge in [0, 0.05) is 18.6 Å². The molecule has 0 aliphatic carbocycles. The van der Waals surface area contributed by atoms with Crippen LogP contribution in [-0.2, 0) is 4.74 Å². The van der Waals surface area contributed by atoms with Gasteiger partial charge in [0.1, 0.15) is 5.75 Å². The Labute approximate surface area is 100 Å². The molecule has 0 spiro atoms. The zero-order valence-corrected chi connectivity index (χ0v) is 10.0. The highest BCUT2D eigenvalue weighted by Crippen LogP contribution is 2.32. The average molecular weight is 242 g/mol. The van der Waals surface area contributed by atoms with Crippen molar-refractivity contribution in [3.63, 3.8) is 0 Å². The number of nitrogens with two attached hydrogens (primary N) is 1. The van der Waals surface area contributed by atoms with Crippen molar-refractivity contribution in [3.8, 4) is 5.75 Å². The summed E-state index contributed by atoms with van der Waals surface area (Å²) in [5.41, 5.74) is 7.25. The van der Waals surface area contributed by atoms with E-state index < -0.39 is 0 Å². The number of hydrogen-bond donors (Lipinski definition) is 1. The molecule has 0 amide bonds. The maximum absolute atomic E-state index is 6.20. The smallest absolute Gasteiger partial charge is 0.137 e. The molecule has 0 radical (unpaired) electrons. The van der Waals surface area contributed by atoms with Crippen LogP contribution in [0.25, 0.3) is 0 Å². The van der Waals surface area contributed by atoms with Gasteiger partial charge in [-0.05, 0) is 24.1 Å². The second-order valence-corrected chi connectivity index (χ2v) is 4.45. The van der Waals surface area contributed by atoms with Gasteiger partial charge in [0.25, 0.3) is 0 Å². The fourth-order valence-corrected chi connectivity index (χ4v) is 2.19. The molecule has 1 heterocycles. The number of methoxy groups -OCH3 is 1. The molecule has 1 fully saturated rings. The van der Waals surface area contributed by atoms with Crippen LogP contribution in [0, 0.1) is 5.92 Å². The summed E-state index contributed by atoms with van der Waals surface area (Å²) in [5, 5.41) is 0.612. The monoisotopic (exact) mass is 241 g/mol. The van der Waals surface area contributed by atoms with Gasteiger partial charge in [-0.3, -0.25) is 0 Å². The predicted molar refractivity (Wildman–Crippen MR) is 63.9 cm³/mol. The molecule has 2 atom stereocenters. The summed E-state index contributed by atoms with van der Waals surface area (Å²) < 4.78 is 10.5. The molecule has 0 aromatic heterocycles. The third-order valence-corrected chi connectivity index (χ3v) is 3.35. The lowest BCUT2D eigenvalue weighted by molar-refractivity contribution is 0.181. The summed E-state index contributed by atoms with van der Waals surface area (Å²) >= 11 is 5.97. The van der Waals surface area contributed by atoms with E-state index >= 15 is 0 Å². The van der Waals surface area contributed by atoms with Gasteiger partial charge in [-0.15, -0.1) is 0 Å². The van der Waals surface area contributed by atoms with Crippen LogP contribution < -0.4 is 10.5 Å². The standard InChI is InChI=1S/C12H16ClNO2/c1-15-11-6-8(2-3-10(11)13)12(14)9-4-5-16-7-9/h2-3,6,9,12H,4-5,7,14H2,1H3. The quantitative estimate of drug-likeness (QED) is 0.884. The van der Waals surface area contributed by atoms with E-state index in [2.05, 4.69) is 0 Å². The highest BCUT2D eigenvalue weighted by molar-refractivity contribution is 6.32. The van der Waals surface area contributed by atoms with E-state index in [9.17, 15) is 0 Å². The lowest BCUT2D eigenvalue weighted by Crippen LogP contribution is -2.21. The number of ether oxygens (including phenoxy) is 2. The minimum absolute atomic E-state index is 0.00586. The van der Waals surface area contributed by atoms with Crippen molar-refractivity contribution in [2.24, 2.45) is 11.7 Å². The first-order valence-corrected chi connectivity index (χ1v) is 5.77. The van der Waals surface area contributed by atoms with Gasteiger partial charge in [-0.2, -0.15) is 0 Å². The Morgan fingerprint density at radius 2 is 2.38 bits per heavy atom. The summed E-state index contributed by atoms with van der Waals surface area (Å²) in [6, 6.07) is 5.68. The van der Waals surface area contributed by atoms with Crippen LogP contribution in [0.2, 0.25) is 5.02 Å². The maximum Gasteiger partial charge on any atom is 0.137 e. The van der Waals surface area contributed by atoms with E-state index in [1.54, 1.807) is 7.11 Å². The molecule has 0 saturated carbocycles. The largest absolute Gasteiger partial charge is 0.495 e. The number of hydrogen-bond acceptors (Lipinski definition) is 3. The molecule has 16 heavy (non-hydrogen) atoms. The molecule has 88 valence electrons. The first-order valence-electron chi connectivity index (χ1n) is 5.39. The second kappa shape index (κ2) is 5.04. The Bertz CT molecular complexity index is 364. The van der Waals surface area contributed by atoms with Crippen LogP contribution in [0.4, 0.5) is 0 Å². The van der Waals surface area contributed by atoms with Crippen LogP contribution >= 0.6 is 11.6 Å². The first-order chi connectivity index (χ1) is 7.72. The molecular formula is C12H16ClNO2. The van der Waals surface area contributed by atoms with Crippen molar-refractivity contribution in [2.75, 3.05) is 20.3 Å². The van der Waals surface area contributed by atoms with Gasteiger partial charge in [-0.1, -0.05) is 17.7 Å². The molecular weight excluding hydrogens is 226 g/mol. The van der Waals surface area contributed by atoms with E-state index in [4.69, 9.17) is 26.8 Å². The lowest BCUT2D eigenvalue weighted by atomic mass is 9.93. The molecule has 1 aliphatic heterocycles. The summed E-state index contributed by atoms with van der Waals surface area (Å²) in [6.45, 7) is 1.55. The van der Waals surface area contributed by atoms with Crippen molar-refractivity contribution in [1.82, 2.24) is 0 Å². The van der Waals surface area contributed by atoms with E-state index in [0.29, 0.717) is 16.7 Å². The first kappa shape index (κ1) is 11.7. The van der Waals surface area contributed by atoms with Gasteiger partial charge in [0.15, 0.2) is 0 Å². The lowest BCUT2D eigenvalue weighted by Gasteiger charge is -2.18. The molecule has 3 nitrogen and oxygen atoms in total. The molecule has 1 aromatic carbocycles. The number of halogens is 1. The third kappa shape index (κ3) is 2.32. The van der Waals surface area contributed by atoms with Crippen molar-refractivity contribution in [1.29, 1.82) is 0 Å². The summed E-state index contributed by atoms with van der Waals surface area (Å²) in [6.07, 6.45) is 1.02. The van der Waals surface area contributed by atoms with Crippen LogP contribution in [0.5, 0.6) is 5.75 Å². The molecule has 1 saturated heterocycles. The number of benzene rings is 1. The van der Waals surface area contributed by atoms with E-state index in [1.807, 2.05) is 18.2 Å². The van der Waals surface area contributed by atoms with Crippen LogP contribution in [0.3, 0.4) is 0 Å². The SMILES string of the molecule is COc1cc(C(N)C2CCOC2)ccc1Cl. The van der Waals surface area contributed by atoms with Crippen molar-refractivity contribution in [3.05, 3.63) is 28.8 Å².